The van der Waals surface area contributed by atoms with Crippen LogP contribution in [-0.4, -0.2) is 30.6 Å². The van der Waals surface area contributed by atoms with Gasteiger partial charge in [-0.2, -0.15) is 0 Å². The average Bonchev–Trinajstić information content (AvgIpc) is 2.19. The fourth-order valence-corrected chi connectivity index (χ4v) is 1.38. The zero-order chi connectivity index (χ0) is 11.5. The molecule has 0 spiro atoms. The van der Waals surface area contributed by atoms with E-state index in [-0.39, 0.29) is 0 Å². The van der Waals surface area contributed by atoms with Crippen molar-refractivity contribution in [3.8, 4) is 0 Å². The van der Waals surface area contributed by atoms with Gasteiger partial charge in [-0.15, -0.1) is 0 Å². The van der Waals surface area contributed by atoms with Crippen molar-refractivity contribution >= 4 is 0 Å². The van der Waals surface area contributed by atoms with Crippen LogP contribution < -0.4 is 0 Å². The molecule has 1 aromatic heterocycles. The number of nitrogens with zero attached hydrogens (tertiary/aromatic N) is 1. The Hall–Kier alpha value is -1.04. The van der Waals surface area contributed by atoms with E-state index < -0.39 is 17.7 Å². The van der Waals surface area contributed by atoms with Crippen LogP contribution in [0.4, 0.5) is 4.39 Å². The highest BCUT2D eigenvalue weighted by molar-refractivity contribution is 5.18. The first-order valence-electron chi connectivity index (χ1n) is 4.41. The summed E-state index contributed by atoms with van der Waals surface area (Å²) in [5.74, 6) is -0.515. The van der Waals surface area contributed by atoms with Crippen LogP contribution in [0.3, 0.4) is 0 Å². The molecule has 15 heavy (non-hydrogen) atoms. The van der Waals surface area contributed by atoms with Gasteiger partial charge in [-0.05, 0) is 13.0 Å². The lowest BCUT2D eigenvalue weighted by Crippen LogP contribution is -2.39. The van der Waals surface area contributed by atoms with Crippen LogP contribution in [-0.2, 0) is 15.1 Å². The van der Waals surface area contributed by atoms with Gasteiger partial charge in [0, 0.05) is 26.0 Å². The van der Waals surface area contributed by atoms with E-state index in [1.54, 1.807) is 0 Å². The zero-order valence-electron chi connectivity index (χ0n) is 8.90. The molecule has 0 bridgehead atoms. The number of halogens is 1. The van der Waals surface area contributed by atoms with Gasteiger partial charge in [0.2, 0.25) is 0 Å². The molecule has 0 saturated carbocycles. The summed E-state index contributed by atoms with van der Waals surface area (Å²) in [5, 5.41) is 10.1. The lowest BCUT2D eigenvalue weighted by Gasteiger charge is -2.30. The summed E-state index contributed by atoms with van der Waals surface area (Å²) >= 11 is 0. The summed E-state index contributed by atoms with van der Waals surface area (Å²) in [6.45, 7) is 1.47. The molecule has 1 aromatic rings. The smallest absolute Gasteiger partial charge is 0.189 e. The zero-order valence-corrected chi connectivity index (χ0v) is 8.90. The molecule has 1 heterocycles. The molecule has 0 radical (unpaired) electrons. The molecule has 0 aliphatic heterocycles. The quantitative estimate of drug-likeness (QED) is 0.763. The van der Waals surface area contributed by atoms with Crippen molar-refractivity contribution in [1.29, 1.82) is 0 Å². The predicted molar refractivity (Wildman–Crippen MR) is 51.6 cm³/mol. The van der Waals surface area contributed by atoms with Crippen molar-refractivity contribution < 1.29 is 19.0 Å². The molecule has 0 aliphatic carbocycles. The number of rotatable bonds is 4. The molecule has 1 unspecified atom stereocenters. The Morgan fingerprint density at radius 1 is 1.40 bits per heavy atom. The van der Waals surface area contributed by atoms with E-state index in [1.165, 1.54) is 33.4 Å². The second-order valence-electron chi connectivity index (χ2n) is 3.34. The van der Waals surface area contributed by atoms with Gasteiger partial charge >= 0.3 is 0 Å². The number of aromatic nitrogens is 1. The standard InChI is InChI=1S/C10H14FNO3/c1-10(13,9(14-2)15-3)7-4-8(11)6-12-5-7/h4-6,9,13H,1-3H3. The second-order valence-corrected chi connectivity index (χ2v) is 3.34. The summed E-state index contributed by atoms with van der Waals surface area (Å²) in [6, 6.07) is 1.19. The molecule has 0 saturated heterocycles. The van der Waals surface area contributed by atoms with Crippen molar-refractivity contribution in [2.45, 2.75) is 18.8 Å². The Morgan fingerprint density at radius 2 is 2.00 bits per heavy atom. The summed E-state index contributed by atoms with van der Waals surface area (Å²) in [7, 11) is 2.80. The van der Waals surface area contributed by atoms with Crippen LogP contribution in [0.5, 0.6) is 0 Å². The molecule has 1 N–H and O–H groups in total. The highest BCUT2D eigenvalue weighted by Gasteiger charge is 2.34. The third-order valence-electron chi connectivity index (χ3n) is 2.18. The fourth-order valence-electron chi connectivity index (χ4n) is 1.38. The summed E-state index contributed by atoms with van der Waals surface area (Å²) < 4.78 is 22.8. The first kappa shape index (κ1) is 12.0. The highest BCUT2D eigenvalue weighted by Crippen LogP contribution is 2.26. The molecule has 84 valence electrons. The van der Waals surface area contributed by atoms with Crippen molar-refractivity contribution in [1.82, 2.24) is 4.98 Å². The Bertz CT molecular complexity index is 326. The maximum absolute atomic E-state index is 12.9. The van der Waals surface area contributed by atoms with Gasteiger partial charge in [0.05, 0.1) is 6.20 Å². The molecule has 0 amide bonds. The van der Waals surface area contributed by atoms with Crippen LogP contribution in [0.15, 0.2) is 18.5 Å². The Kier molecular flexibility index (Phi) is 3.73. The van der Waals surface area contributed by atoms with Gasteiger partial charge in [0.1, 0.15) is 11.4 Å². The van der Waals surface area contributed by atoms with Crippen LogP contribution >= 0.6 is 0 Å². The van der Waals surface area contributed by atoms with Crippen molar-refractivity contribution in [2.24, 2.45) is 0 Å². The van der Waals surface area contributed by atoms with Crippen LogP contribution in [0.1, 0.15) is 12.5 Å². The lowest BCUT2D eigenvalue weighted by atomic mass is 9.97. The van der Waals surface area contributed by atoms with E-state index in [0.29, 0.717) is 5.56 Å². The normalized spacial score (nSPS) is 15.3. The van der Waals surface area contributed by atoms with E-state index in [9.17, 15) is 9.50 Å². The largest absolute Gasteiger partial charge is 0.380 e. The third-order valence-corrected chi connectivity index (χ3v) is 2.18. The van der Waals surface area contributed by atoms with Gasteiger partial charge < -0.3 is 14.6 Å². The molecule has 4 nitrogen and oxygen atoms in total. The van der Waals surface area contributed by atoms with Crippen molar-refractivity contribution in [3.63, 3.8) is 0 Å². The lowest BCUT2D eigenvalue weighted by molar-refractivity contribution is -0.213. The third kappa shape index (κ3) is 2.50. The minimum absolute atomic E-state index is 0.302. The molecule has 5 heteroatoms. The maximum Gasteiger partial charge on any atom is 0.189 e. The summed E-state index contributed by atoms with van der Waals surface area (Å²) in [6.07, 6.45) is 1.56. The van der Waals surface area contributed by atoms with Crippen LogP contribution in [0.25, 0.3) is 0 Å². The van der Waals surface area contributed by atoms with Crippen LogP contribution in [0, 0.1) is 5.82 Å². The van der Waals surface area contributed by atoms with E-state index >= 15 is 0 Å². The first-order chi connectivity index (χ1) is 7.02. The van der Waals surface area contributed by atoms with Crippen LogP contribution in [0.2, 0.25) is 0 Å². The molecule has 0 aliphatic rings. The Labute approximate surface area is 87.7 Å². The number of hydrogen-bond acceptors (Lipinski definition) is 4. The van der Waals surface area contributed by atoms with Gasteiger partial charge in [0.25, 0.3) is 0 Å². The van der Waals surface area contributed by atoms with Crippen molar-refractivity contribution in [2.75, 3.05) is 14.2 Å². The summed E-state index contributed by atoms with van der Waals surface area (Å²) in [4.78, 5) is 3.66. The SMILES string of the molecule is COC(OC)C(C)(O)c1cncc(F)c1. The Morgan fingerprint density at radius 3 is 2.47 bits per heavy atom. The number of ether oxygens (including phenoxy) is 2. The number of aliphatic hydroxyl groups is 1. The van der Waals surface area contributed by atoms with Gasteiger partial charge in [-0.25, -0.2) is 4.39 Å². The molecule has 0 fully saturated rings. The topological polar surface area (TPSA) is 51.6 Å². The monoisotopic (exact) mass is 215 g/mol. The minimum Gasteiger partial charge on any atom is -0.380 e. The Balaban J connectivity index is 3.03. The minimum atomic E-state index is -1.45. The number of pyridine rings is 1. The molecule has 1 atom stereocenters. The van der Waals surface area contributed by atoms with E-state index in [4.69, 9.17) is 9.47 Å². The van der Waals surface area contributed by atoms with Gasteiger partial charge in [0.15, 0.2) is 6.29 Å². The molecule has 0 aromatic carbocycles. The van der Waals surface area contributed by atoms with E-state index in [0.717, 1.165) is 6.20 Å². The maximum atomic E-state index is 12.9. The van der Waals surface area contributed by atoms with E-state index in [2.05, 4.69) is 4.98 Å². The number of methoxy groups -OCH3 is 2. The molecular weight excluding hydrogens is 201 g/mol. The molecule has 1 rings (SSSR count). The van der Waals surface area contributed by atoms with Gasteiger partial charge in [-0.3, -0.25) is 4.98 Å². The van der Waals surface area contributed by atoms with Crippen molar-refractivity contribution in [3.05, 3.63) is 29.8 Å². The fraction of sp³-hybridized carbons (Fsp3) is 0.500. The highest BCUT2D eigenvalue weighted by atomic mass is 19.1. The average molecular weight is 215 g/mol. The van der Waals surface area contributed by atoms with E-state index in [1.807, 2.05) is 0 Å². The van der Waals surface area contributed by atoms with Gasteiger partial charge in [-0.1, -0.05) is 0 Å². The second kappa shape index (κ2) is 4.65. The summed E-state index contributed by atoms with van der Waals surface area (Å²) in [5.41, 5.74) is -1.14. The predicted octanol–water partition coefficient (Wildman–Crippen LogP) is 1.05. The molecular formula is C10H14FNO3. The number of hydrogen-bond donors (Lipinski definition) is 1. The first-order valence-corrected chi connectivity index (χ1v) is 4.41.